The van der Waals surface area contributed by atoms with E-state index in [9.17, 15) is 31.7 Å². The molecule has 0 unspecified atom stereocenters. The number of rotatable bonds is 4. The molecule has 0 saturated carbocycles. The molecule has 1 rings (SSSR count). The smallest absolute Gasteiger partial charge is 0.258 e. The van der Waals surface area contributed by atoms with Crippen LogP contribution in [0.4, 0.5) is 18.9 Å². The van der Waals surface area contributed by atoms with E-state index in [1.807, 2.05) is 0 Å². The van der Waals surface area contributed by atoms with Crippen LogP contribution < -0.4 is 0 Å². The van der Waals surface area contributed by atoms with E-state index in [0.29, 0.717) is 6.07 Å². The molecule has 6 nitrogen and oxygen atoms in total. The van der Waals surface area contributed by atoms with Crippen LogP contribution in [0.1, 0.15) is 0 Å². The van der Waals surface area contributed by atoms with Crippen LogP contribution in [0, 0.1) is 10.1 Å². The van der Waals surface area contributed by atoms with Gasteiger partial charge in [-0.3, -0.25) is 14.3 Å². The van der Waals surface area contributed by atoms with E-state index < -0.39 is 38.4 Å². The number of hydrogen-bond donors (Lipinski definition) is 0. The zero-order valence-electron chi connectivity index (χ0n) is 8.85. The standard InChI is InChI=1S/C8H5ClF3NO5S/c9-5-1-2-6(13(14)15)7(3-5)19(16,17)18-4-8(10,11)12/h1-3H,4H2. The molecule has 1 aromatic carbocycles. The van der Waals surface area contributed by atoms with Crippen LogP contribution in [-0.2, 0) is 14.3 Å². The van der Waals surface area contributed by atoms with Gasteiger partial charge < -0.3 is 0 Å². The second-order valence-corrected chi connectivity index (χ2v) is 5.22. The van der Waals surface area contributed by atoms with Crippen molar-refractivity contribution in [3.63, 3.8) is 0 Å². The van der Waals surface area contributed by atoms with E-state index in [4.69, 9.17) is 11.6 Å². The third-order valence-corrected chi connectivity index (χ3v) is 3.29. The molecule has 0 aromatic heterocycles. The van der Waals surface area contributed by atoms with Crippen molar-refractivity contribution in [3.8, 4) is 0 Å². The highest BCUT2D eigenvalue weighted by Gasteiger charge is 2.34. The quantitative estimate of drug-likeness (QED) is 0.483. The van der Waals surface area contributed by atoms with Gasteiger partial charge in [0, 0.05) is 11.1 Å². The highest BCUT2D eigenvalue weighted by molar-refractivity contribution is 7.87. The number of nitrogens with zero attached hydrogens (tertiary/aromatic N) is 1. The fraction of sp³-hybridized carbons (Fsp3) is 0.250. The normalized spacial score (nSPS) is 12.4. The summed E-state index contributed by atoms with van der Waals surface area (Å²) in [7, 11) is -4.94. The Balaban J connectivity index is 3.21. The molecule has 0 bridgehead atoms. The van der Waals surface area contributed by atoms with Crippen molar-refractivity contribution < 1.29 is 30.7 Å². The Bertz CT molecular complexity index is 601. The largest absolute Gasteiger partial charge is 0.413 e. The molecule has 0 saturated heterocycles. The Labute approximate surface area is 110 Å². The Morgan fingerprint density at radius 1 is 1.37 bits per heavy atom. The van der Waals surface area contributed by atoms with Gasteiger partial charge in [-0.25, -0.2) is 0 Å². The maximum atomic E-state index is 11.9. The molecule has 0 fully saturated rings. The molecule has 106 valence electrons. The van der Waals surface area contributed by atoms with Gasteiger partial charge in [0.15, 0.2) is 11.5 Å². The lowest BCUT2D eigenvalue weighted by Crippen LogP contribution is -2.21. The number of nitro groups is 1. The summed E-state index contributed by atoms with van der Waals surface area (Å²) in [5.41, 5.74) is -0.924. The lowest BCUT2D eigenvalue weighted by atomic mass is 10.3. The highest BCUT2D eigenvalue weighted by Crippen LogP contribution is 2.29. The molecular formula is C8H5ClF3NO5S. The number of benzene rings is 1. The fourth-order valence-corrected chi connectivity index (χ4v) is 2.37. The fourth-order valence-electron chi connectivity index (χ4n) is 1.05. The number of hydrogen-bond acceptors (Lipinski definition) is 5. The van der Waals surface area contributed by atoms with Crippen molar-refractivity contribution in [3.05, 3.63) is 33.3 Å². The van der Waals surface area contributed by atoms with Gasteiger partial charge in [-0.05, 0) is 12.1 Å². The van der Waals surface area contributed by atoms with E-state index >= 15 is 0 Å². The second kappa shape index (κ2) is 5.31. The zero-order chi connectivity index (χ0) is 14.8. The van der Waals surface area contributed by atoms with Gasteiger partial charge in [0.25, 0.3) is 5.69 Å². The van der Waals surface area contributed by atoms with Crippen molar-refractivity contribution >= 4 is 27.4 Å². The topological polar surface area (TPSA) is 86.5 Å². The minimum Gasteiger partial charge on any atom is -0.258 e. The Morgan fingerprint density at radius 2 is 1.95 bits per heavy atom. The van der Waals surface area contributed by atoms with Crippen LogP contribution in [0.2, 0.25) is 5.02 Å². The minimum absolute atomic E-state index is 0.195. The predicted octanol–water partition coefficient (Wildman–Crippen LogP) is 2.52. The van der Waals surface area contributed by atoms with Crippen LogP contribution in [0.5, 0.6) is 0 Å². The van der Waals surface area contributed by atoms with E-state index in [-0.39, 0.29) is 5.02 Å². The molecular weight excluding hydrogens is 315 g/mol. The summed E-state index contributed by atoms with van der Waals surface area (Å²) in [5.74, 6) is 0. The van der Waals surface area contributed by atoms with Crippen molar-refractivity contribution in [2.45, 2.75) is 11.1 Å². The first-order valence-electron chi connectivity index (χ1n) is 4.43. The van der Waals surface area contributed by atoms with Gasteiger partial charge in [0.2, 0.25) is 0 Å². The van der Waals surface area contributed by atoms with Gasteiger partial charge >= 0.3 is 16.3 Å². The molecule has 1 aromatic rings. The number of nitro benzene ring substituents is 1. The lowest BCUT2D eigenvalue weighted by Gasteiger charge is -2.08. The molecule has 0 aliphatic rings. The molecule has 0 heterocycles. The zero-order valence-corrected chi connectivity index (χ0v) is 10.4. The van der Waals surface area contributed by atoms with Crippen LogP contribution in [-0.4, -0.2) is 26.1 Å². The van der Waals surface area contributed by atoms with Gasteiger partial charge in [-0.15, -0.1) is 0 Å². The van der Waals surface area contributed by atoms with Crippen molar-refractivity contribution in [1.29, 1.82) is 0 Å². The van der Waals surface area contributed by atoms with E-state index in [0.717, 1.165) is 12.1 Å². The van der Waals surface area contributed by atoms with Gasteiger partial charge in [-0.1, -0.05) is 11.6 Å². The summed E-state index contributed by atoms with van der Waals surface area (Å²) in [4.78, 5) is 8.50. The molecule has 0 N–H and O–H groups in total. The Kier molecular flexibility index (Phi) is 4.38. The minimum atomic E-state index is -4.94. The first-order valence-corrected chi connectivity index (χ1v) is 6.22. The summed E-state index contributed by atoms with van der Waals surface area (Å²) in [6.45, 7) is -2.08. The third kappa shape index (κ3) is 4.33. The molecule has 0 radical (unpaired) electrons. The van der Waals surface area contributed by atoms with Crippen molar-refractivity contribution in [2.24, 2.45) is 0 Å². The SMILES string of the molecule is O=[N+]([O-])c1ccc(Cl)cc1S(=O)(=O)OCC(F)(F)F. The van der Waals surface area contributed by atoms with Gasteiger partial charge in [0.1, 0.15) is 0 Å². The van der Waals surface area contributed by atoms with E-state index in [2.05, 4.69) is 4.18 Å². The van der Waals surface area contributed by atoms with Crippen molar-refractivity contribution in [2.75, 3.05) is 6.61 Å². The molecule has 0 atom stereocenters. The molecule has 0 spiro atoms. The predicted molar refractivity (Wildman–Crippen MR) is 57.3 cm³/mol. The Morgan fingerprint density at radius 3 is 2.42 bits per heavy atom. The summed E-state index contributed by atoms with van der Waals surface area (Å²) in [5, 5.41) is 10.4. The van der Waals surface area contributed by atoms with Crippen LogP contribution >= 0.6 is 11.6 Å². The average molecular weight is 320 g/mol. The summed E-state index contributed by atoms with van der Waals surface area (Å²) < 4.78 is 62.3. The third-order valence-electron chi connectivity index (χ3n) is 1.77. The molecule has 0 aliphatic heterocycles. The molecule has 0 amide bonds. The van der Waals surface area contributed by atoms with E-state index in [1.165, 1.54) is 0 Å². The molecule has 19 heavy (non-hydrogen) atoms. The number of halogens is 4. The maximum Gasteiger partial charge on any atom is 0.413 e. The summed E-state index contributed by atoms with van der Waals surface area (Å²) in [6.07, 6.45) is -4.89. The van der Waals surface area contributed by atoms with Gasteiger partial charge in [0.05, 0.1) is 4.92 Å². The van der Waals surface area contributed by atoms with Gasteiger partial charge in [-0.2, -0.15) is 21.6 Å². The maximum absolute atomic E-state index is 11.9. The Hall–Kier alpha value is -1.39. The first-order chi connectivity index (χ1) is 8.53. The van der Waals surface area contributed by atoms with Crippen LogP contribution in [0.25, 0.3) is 0 Å². The monoisotopic (exact) mass is 319 g/mol. The number of alkyl halides is 3. The average Bonchev–Trinajstić information content (AvgIpc) is 2.25. The summed E-state index contributed by atoms with van der Waals surface area (Å²) >= 11 is 5.45. The van der Waals surface area contributed by atoms with Crippen LogP contribution in [0.15, 0.2) is 23.1 Å². The lowest BCUT2D eigenvalue weighted by molar-refractivity contribution is -0.387. The van der Waals surface area contributed by atoms with Crippen molar-refractivity contribution in [1.82, 2.24) is 0 Å². The molecule has 11 heteroatoms. The summed E-state index contributed by atoms with van der Waals surface area (Å²) in [6, 6.07) is 2.43. The second-order valence-electron chi connectivity index (χ2n) is 3.20. The first kappa shape index (κ1) is 15.7. The molecule has 0 aliphatic carbocycles. The highest BCUT2D eigenvalue weighted by atomic mass is 35.5. The van der Waals surface area contributed by atoms with E-state index in [1.54, 1.807) is 0 Å². The van der Waals surface area contributed by atoms with Crippen LogP contribution in [0.3, 0.4) is 0 Å².